The number of piperazine rings is 1. The molecule has 180 valence electrons. The van der Waals surface area contributed by atoms with Crippen LogP contribution >= 0.6 is 0 Å². The summed E-state index contributed by atoms with van der Waals surface area (Å²) in [5.41, 5.74) is -0.999. The van der Waals surface area contributed by atoms with Crippen molar-refractivity contribution in [3.63, 3.8) is 0 Å². The molecule has 1 spiro atoms. The van der Waals surface area contributed by atoms with Crippen LogP contribution in [-0.4, -0.2) is 44.8 Å². The molecule has 0 amide bonds. The van der Waals surface area contributed by atoms with Gasteiger partial charge < -0.3 is 9.80 Å². The number of nitrogens with zero attached hydrogens (tertiary/aromatic N) is 5. The molecular formula is C24H24F5N5. The van der Waals surface area contributed by atoms with Gasteiger partial charge in [-0.15, -0.1) is 0 Å². The molecule has 2 aliphatic rings. The minimum absolute atomic E-state index is 0.00381. The maximum absolute atomic E-state index is 14.9. The van der Waals surface area contributed by atoms with E-state index < -0.39 is 34.5 Å². The average Bonchev–Trinajstić information content (AvgIpc) is 3.46. The van der Waals surface area contributed by atoms with Crippen molar-refractivity contribution < 1.29 is 22.0 Å². The number of aromatic nitrogens is 3. The number of pyridine rings is 1. The molecule has 1 aromatic carbocycles. The minimum Gasteiger partial charge on any atom is -0.371 e. The number of rotatable bonds is 3. The molecule has 0 radical (unpaired) electrons. The van der Waals surface area contributed by atoms with Crippen molar-refractivity contribution in [1.82, 2.24) is 19.7 Å². The van der Waals surface area contributed by atoms with Crippen molar-refractivity contribution in [2.24, 2.45) is 7.05 Å². The van der Waals surface area contributed by atoms with E-state index in [1.807, 2.05) is 13.0 Å². The Bertz CT molecular complexity index is 1320. The third-order valence-corrected chi connectivity index (χ3v) is 7.00. The van der Waals surface area contributed by atoms with Gasteiger partial charge in [0.25, 0.3) is 0 Å². The maximum atomic E-state index is 14.9. The summed E-state index contributed by atoms with van der Waals surface area (Å²) in [5.74, 6) is -1.94. The molecule has 0 atom stereocenters. The molecule has 2 aromatic heterocycles. The van der Waals surface area contributed by atoms with Gasteiger partial charge in [-0.1, -0.05) is 6.58 Å². The second-order valence-electron chi connectivity index (χ2n) is 9.29. The summed E-state index contributed by atoms with van der Waals surface area (Å²) < 4.78 is 70.7. The van der Waals surface area contributed by atoms with Gasteiger partial charge in [-0.3, -0.25) is 4.68 Å². The molecule has 0 N–H and O–H groups in total. The van der Waals surface area contributed by atoms with Crippen LogP contribution in [-0.2, 0) is 13.2 Å². The number of aryl methyl sites for hydroxylation is 1. The summed E-state index contributed by atoms with van der Waals surface area (Å²) in [6, 6.07) is 2.32. The molecular weight excluding hydrogens is 453 g/mol. The number of halogens is 5. The van der Waals surface area contributed by atoms with Crippen LogP contribution in [0.2, 0.25) is 0 Å². The normalized spacial score (nSPS) is 17.6. The molecule has 5 rings (SSSR count). The predicted molar refractivity (Wildman–Crippen MR) is 119 cm³/mol. The van der Waals surface area contributed by atoms with E-state index in [-0.39, 0.29) is 11.2 Å². The Morgan fingerprint density at radius 2 is 1.82 bits per heavy atom. The summed E-state index contributed by atoms with van der Waals surface area (Å²) >= 11 is 0. The highest BCUT2D eigenvalue weighted by atomic mass is 19.4. The highest BCUT2D eigenvalue weighted by Gasteiger charge is 2.52. The molecule has 1 saturated carbocycles. The lowest BCUT2D eigenvalue weighted by Crippen LogP contribution is -2.54. The van der Waals surface area contributed by atoms with Gasteiger partial charge >= 0.3 is 6.18 Å². The molecule has 2 fully saturated rings. The number of hydrogen-bond acceptors (Lipinski definition) is 4. The largest absolute Gasteiger partial charge is 0.419 e. The Morgan fingerprint density at radius 1 is 1.12 bits per heavy atom. The van der Waals surface area contributed by atoms with Crippen molar-refractivity contribution in [3.05, 3.63) is 53.4 Å². The fourth-order valence-corrected chi connectivity index (χ4v) is 4.87. The molecule has 10 heteroatoms. The number of allylic oxidation sites excluding steroid dienone is 1. The number of hydrogen-bond donors (Lipinski definition) is 0. The summed E-state index contributed by atoms with van der Waals surface area (Å²) in [6.07, 6.45) is -1.38. The van der Waals surface area contributed by atoms with Crippen LogP contribution in [0.5, 0.6) is 0 Å². The Labute approximate surface area is 193 Å². The second kappa shape index (κ2) is 7.41. The van der Waals surface area contributed by atoms with Crippen LogP contribution in [0.25, 0.3) is 22.2 Å². The first-order valence-corrected chi connectivity index (χ1v) is 11.0. The molecule has 3 heterocycles. The summed E-state index contributed by atoms with van der Waals surface area (Å²) in [4.78, 5) is 9.12. The van der Waals surface area contributed by atoms with Crippen LogP contribution in [0.1, 0.15) is 30.9 Å². The summed E-state index contributed by atoms with van der Waals surface area (Å²) in [5, 5.41) is 4.69. The summed E-state index contributed by atoms with van der Waals surface area (Å²) in [6.45, 7) is 9.47. The lowest BCUT2D eigenvalue weighted by molar-refractivity contribution is -0.140. The van der Waals surface area contributed by atoms with Crippen LogP contribution in [0.3, 0.4) is 0 Å². The minimum atomic E-state index is -4.96. The van der Waals surface area contributed by atoms with Gasteiger partial charge in [0.2, 0.25) is 0 Å². The van der Waals surface area contributed by atoms with Gasteiger partial charge in [-0.2, -0.15) is 18.3 Å². The van der Waals surface area contributed by atoms with Gasteiger partial charge in [0, 0.05) is 61.2 Å². The van der Waals surface area contributed by atoms with Crippen molar-refractivity contribution in [3.8, 4) is 11.3 Å². The fraction of sp³-hybridized carbons (Fsp3) is 0.417. The van der Waals surface area contributed by atoms with E-state index in [9.17, 15) is 22.0 Å². The quantitative estimate of drug-likeness (QED) is 0.472. The number of fused-ring (bicyclic) bond motifs is 1. The number of alkyl halides is 3. The highest BCUT2D eigenvalue weighted by Crippen LogP contribution is 2.47. The van der Waals surface area contributed by atoms with Gasteiger partial charge in [-0.25, -0.2) is 13.8 Å². The van der Waals surface area contributed by atoms with Gasteiger partial charge in [0.1, 0.15) is 23.1 Å². The molecule has 1 aliphatic heterocycles. The van der Waals surface area contributed by atoms with Crippen LogP contribution in [0, 0.1) is 18.6 Å². The SMILES string of the molecule is C=C(C)N1CCN(c2cc3c(cn2)c(-c2cc(C(F)(F)F)c(F)c(C)c2F)nn3C)C2(CC2)C1. The second-order valence-corrected chi connectivity index (χ2v) is 9.29. The molecule has 5 nitrogen and oxygen atoms in total. The van der Waals surface area contributed by atoms with Crippen LogP contribution < -0.4 is 4.90 Å². The number of benzene rings is 1. The van der Waals surface area contributed by atoms with E-state index in [2.05, 4.69) is 26.5 Å². The molecule has 3 aromatic rings. The molecule has 1 saturated heterocycles. The first-order valence-electron chi connectivity index (χ1n) is 11.0. The van der Waals surface area contributed by atoms with E-state index in [0.717, 1.165) is 50.9 Å². The van der Waals surface area contributed by atoms with Gasteiger partial charge in [0.05, 0.1) is 16.6 Å². The summed E-state index contributed by atoms with van der Waals surface area (Å²) in [7, 11) is 1.64. The van der Waals surface area contributed by atoms with Gasteiger partial charge in [-0.05, 0) is 32.8 Å². The molecule has 34 heavy (non-hydrogen) atoms. The van der Waals surface area contributed by atoms with E-state index in [0.29, 0.717) is 17.0 Å². The van der Waals surface area contributed by atoms with E-state index in [1.165, 1.54) is 10.9 Å². The standard InChI is InChI=1S/C24H24F5N5/c1-13(2)33-7-8-34(23(12-33)5-6-23)19-10-18-16(11-30-19)22(31-32(18)4)15-9-17(24(27,28)29)21(26)14(3)20(15)25/h9-11H,1,5-8,12H2,2-4H3. The first kappa shape index (κ1) is 22.6. The highest BCUT2D eigenvalue weighted by molar-refractivity contribution is 5.94. The monoisotopic (exact) mass is 477 g/mol. The van der Waals surface area contributed by atoms with E-state index >= 15 is 0 Å². The Morgan fingerprint density at radius 3 is 2.44 bits per heavy atom. The Kier molecular flexibility index (Phi) is 4.93. The van der Waals surface area contributed by atoms with E-state index in [1.54, 1.807) is 7.05 Å². The van der Waals surface area contributed by atoms with Crippen LogP contribution in [0.4, 0.5) is 27.8 Å². The van der Waals surface area contributed by atoms with Crippen LogP contribution in [0.15, 0.2) is 30.6 Å². The zero-order valence-electron chi connectivity index (χ0n) is 19.1. The molecule has 0 unspecified atom stereocenters. The third-order valence-electron chi connectivity index (χ3n) is 7.00. The number of anilines is 1. The van der Waals surface area contributed by atoms with Crippen molar-refractivity contribution in [2.45, 2.75) is 38.4 Å². The Balaban J connectivity index is 1.59. The van der Waals surface area contributed by atoms with Gasteiger partial charge in [0.15, 0.2) is 0 Å². The van der Waals surface area contributed by atoms with Crippen molar-refractivity contribution >= 4 is 16.7 Å². The fourth-order valence-electron chi connectivity index (χ4n) is 4.87. The lowest BCUT2D eigenvalue weighted by atomic mass is 10.00. The molecule has 0 bridgehead atoms. The predicted octanol–water partition coefficient (Wildman–Crippen LogP) is 5.43. The lowest BCUT2D eigenvalue weighted by Gasteiger charge is -2.44. The maximum Gasteiger partial charge on any atom is 0.419 e. The molecule has 1 aliphatic carbocycles. The third kappa shape index (κ3) is 3.42. The topological polar surface area (TPSA) is 37.2 Å². The first-order chi connectivity index (χ1) is 15.9. The Hall–Kier alpha value is -3.17. The van der Waals surface area contributed by atoms with Crippen molar-refractivity contribution in [1.29, 1.82) is 0 Å². The zero-order valence-corrected chi connectivity index (χ0v) is 19.1. The average molecular weight is 477 g/mol. The van der Waals surface area contributed by atoms with Crippen molar-refractivity contribution in [2.75, 3.05) is 24.5 Å². The smallest absolute Gasteiger partial charge is 0.371 e. The van der Waals surface area contributed by atoms with E-state index in [4.69, 9.17) is 0 Å². The zero-order chi connectivity index (χ0) is 24.6.